The first-order valence-corrected chi connectivity index (χ1v) is 10.5. The summed E-state index contributed by atoms with van der Waals surface area (Å²) in [6.07, 6.45) is 4.59. The molecule has 5 heteroatoms. The number of nitrogens with zero attached hydrogens (tertiary/aromatic N) is 2. The Hall–Kier alpha value is -1.23. The number of benzene rings is 1. The standard InChI is InChI=1S/C21H25ClN2OS/c1-20(2)14-11-17(20)21(3,25)18(12-14)24-16(19-23-8-9-26-19)10-13-4-6-15(22)7-5-13/h4-9,14,16-17,25H,10-12H2,1-3H3/t14-,16+,17-,21-/m0/s1. The van der Waals surface area contributed by atoms with Crippen LogP contribution in [0, 0.1) is 17.3 Å². The highest BCUT2D eigenvalue weighted by atomic mass is 35.5. The molecule has 1 heterocycles. The van der Waals surface area contributed by atoms with Crippen molar-refractivity contribution in [1.82, 2.24) is 4.98 Å². The first kappa shape index (κ1) is 18.1. The Kier molecular flexibility index (Phi) is 4.49. The molecule has 0 unspecified atom stereocenters. The molecule has 3 saturated carbocycles. The number of aliphatic hydroxyl groups is 1. The Bertz CT molecular complexity index is 811. The molecule has 3 aliphatic rings. The van der Waals surface area contributed by atoms with E-state index in [-0.39, 0.29) is 11.5 Å². The summed E-state index contributed by atoms with van der Waals surface area (Å²) >= 11 is 7.65. The molecule has 1 aromatic heterocycles. The second kappa shape index (κ2) is 6.43. The van der Waals surface area contributed by atoms with Gasteiger partial charge < -0.3 is 5.11 Å². The van der Waals surface area contributed by atoms with Gasteiger partial charge in [-0.1, -0.05) is 37.6 Å². The predicted molar refractivity (Wildman–Crippen MR) is 108 cm³/mol. The average Bonchev–Trinajstić information content (AvgIpc) is 3.11. The summed E-state index contributed by atoms with van der Waals surface area (Å²) in [5.41, 5.74) is 1.51. The normalized spacial score (nSPS) is 32.3. The molecule has 3 fully saturated rings. The van der Waals surface area contributed by atoms with Crippen LogP contribution in [0.25, 0.3) is 0 Å². The zero-order valence-corrected chi connectivity index (χ0v) is 17.0. The number of rotatable bonds is 4. The van der Waals surface area contributed by atoms with Gasteiger partial charge >= 0.3 is 0 Å². The van der Waals surface area contributed by atoms with E-state index < -0.39 is 5.60 Å². The fourth-order valence-electron chi connectivity index (χ4n) is 4.76. The van der Waals surface area contributed by atoms with Gasteiger partial charge in [0.25, 0.3) is 0 Å². The smallest absolute Gasteiger partial charge is 0.117 e. The SMILES string of the molecule is CC1(C)[C@@H]2CC(=N[C@H](Cc3ccc(Cl)cc3)c3nccs3)[C@@](C)(O)[C@H]1C2. The van der Waals surface area contributed by atoms with Crippen LogP contribution in [-0.4, -0.2) is 21.4 Å². The van der Waals surface area contributed by atoms with Crippen LogP contribution in [-0.2, 0) is 6.42 Å². The highest BCUT2D eigenvalue weighted by Gasteiger charge is 2.61. The molecule has 0 saturated heterocycles. The summed E-state index contributed by atoms with van der Waals surface area (Å²) in [7, 11) is 0. The van der Waals surface area contributed by atoms with E-state index in [0.717, 1.165) is 35.0 Å². The molecule has 1 N–H and O–H groups in total. The quantitative estimate of drug-likeness (QED) is 0.768. The molecule has 1 aromatic carbocycles. The van der Waals surface area contributed by atoms with Crippen LogP contribution in [0.5, 0.6) is 0 Å². The number of aliphatic imine (C=N–C) groups is 1. The topological polar surface area (TPSA) is 45.5 Å². The van der Waals surface area contributed by atoms with Crippen LogP contribution in [0.1, 0.15) is 50.2 Å². The minimum Gasteiger partial charge on any atom is -0.384 e. The van der Waals surface area contributed by atoms with Gasteiger partial charge in [0.2, 0.25) is 0 Å². The van der Waals surface area contributed by atoms with Gasteiger partial charge in [-0.2, -0.15) is 0 Å². The number of hydrogen-bond acceptors (Lipinski definition) is 4. The van der Waals surface area contributed by atoms with E-state index >= 15 is 0 Å². The van der Waals surface area contributed by atoms with Gasteiger partial charge in [0.05, 0.1) is 0 Å². The van der Waals surface area contributed by atoms with Crippen LogP contribution in [0.15, 0.2) is 40.8 Å². The maximum atomic E-state index is 11.3. The van der Waals surface area contributed by atoms with Crippen molar-refractivity contribution in [3.63, 3.8) is 0 Å². The van der Waals surface area contributed by atoms with Gasteiger partial charge in [-0.3, -0.25) is 4.99 Å². The second-order valence-corrected chi connectivity index (χ2v) is 9.81. The van der Waals surface area contributed by atoms with Gasteiger partial charge in [0.1, 0.15) is 16.7 Å². The fourth-order valence-corrected chi connectivity index (χ4v) is 5.56. The second-order valence-electron chi connectivity index (χ2n) is 8.45. The van der Waals surface area contributed by atoms with Crippen molar-refractivity contribution in [3.8, 4) is 0 Å². The summed E-state index contributed by atoms with van der Waals surface area (Å²) in [6.45, 7) is 6.51. The summed E-state index contributed by atoms with van der Waals surface area (Å²) in [5.74, 6) is 0.916. The van der Waals surface area contributed by atoms with E-state index in [1.807, 2.05) is 42.8 Å². The van der Waals surface area contributed by atoms with Gasteiger partial charge in [-0.25, -0.2) is 4.98 Å². The summed E-state index contributed by atoms with van der Waals surface area (Å²) in [4.78, 5) is 9.58. The zero-order chi connectivity index (χ0) is 18.5. The number of halogens is 1. The van der Waals surface area contributed by atoms with E-state index in [2.05, 4.69) is 18.8 Å². The lowest BCUT2D eigenvalue weighted by atomic mass is 9.44. The first-order valence-electron chi connectivity index (χ1n) is 9.22. The van der Waals surface area contributed by atoms with Crippen molar-refractivity contribution < 1.29 is 5.11 Å². The van der Waals surface area contributed by atoms with E-state index in [4.69, 9.17) is 16.6 Å². The predicted octanol–water partition coefficient (Wildman–Crippen LogP) is 5.34. The molecule has 26 heavy (non-hydrogen) atoms. The molecular formula is C21H25ClN2OS. The maximum Gasteiger partial charge on any atom is 0.117 e. The third-order valence-electron chi connectivity index (χ3n) is 6.56. The van der Waals surface area contributed by atoms with Crippen LogP contribution >= 0.6 is 22.9 Å². The van der Waals surface area contributed by atoms with E-state index in [9.17, 15) is 5.11 Å². The van der Waals surface area contributed by atoms with Crippen molar-refractivity contribution in [2.24, 2.45) is 22.2 Å². The zero-order valence-electron chi connectivity index (χ0n) is 15.4. The molecular weight excluding hydrogens is 364 g/mol. The molecule has 3 aliphatic carbocycles. The van der Waals surface area contributed by atoms with Crippen LogP contribution in [0.4, 0.5) is 0 Å². The summed E-state index contributed by atoms with van der Waals surface area (Å²) < 4.78 is 0. The van der Waals surface area contributed by atoms with Crippen molar-refractivity contribution in [1.29, 1.82) is 0 Å². The fraction of sp³-hybridized carbons (Fsp3) is 0.524. The first-order chi connectivity index (χ1) is 12.3. The van der Waals surface area contributed by atoms with E-state index in [1.54, 1.807) is 11.3 Å². The van der Waals surface area contributed by atoms with E-state index in [0.29, 0.717) is 11.8 Å². The lowest BCUT2D eigenvalue weighted by Gasteiger charge is -2.62. The Labute approximate surface area is 164 Å². The molecule has 0 aliphatic heterocycles. The molecule has 0 spiro atoms. The van der Waals surface area contributed by atoms with Gasteiger partial charge in [0.15, 0.2) is 0 Å². The maximum absolute atomic E-state index is 11.3. The Balaban J connectivity index is 1.65. The third-order valence-corrected chi connectivity index (χ3v) is 7.69. The van der Waals surface area contributed by atoms with Gasteiger partial charge in [-0.05, 0) is 54.7 Å². The van der Waals surface area contributed by atoms with Crippen LogP contribution in [0.3, 0.4) is 0 Å². The van der Waals surface area contributed by atoms with Crippen molar-refractivity contribution in [2.75, 3.05) is 0 Å². The Morgan fingerprint density at radius 1 is 1.31 bits per heavy atom. The molecule has 3 nitrogen and oxygen atoms in total. The number of fused-ring (bicyclic) bond motifs is 2. The summed E-state index contributed by atoms with van der Waals surface area (Å²) in [6, 6.07) is 7.86. The lowest BCUT2D eigenvalue weighted by molar-refractivity contribution is -0.134. The van der Waals surface area contributed by atoms with E-state index in [1.165, 1.54) is 5.56 Å². The van der Waals surface area contributed by atoms with Crippen molar-refractivity contribution in [3.05, 3.63) is 51.4 Å². The lowest BCUT2D eigenvalue weighted by Crippen LogP contribution is -2.64. The minimum absolute atomic E-state index is 0.0572. The monoisotopic (exact) mass is 388 g/mol. The summed E-state index contributed by atoms with van der Waals surface area (Å²) in [5, 5.41) is 15.0. The number of hydrogen-bond donors (Lipinski definition) is 1. The molecule has 138 valence electrons. The Morgan fingerprint density at radius 3 is 2.62 bits per heavy atom. The van der Waals surface area contributed by atoms with Crippen molar-refractivity contribution >= 4 is 28.6 Å². The average molecular weight is 389 g/mol. The molecule has 2 aromatic rings. The van der Waals surface area contributed by atoms with Crippen LogP contribution < -0.4 is 0 Å². The number of aromatic nitrogens is 1. The van der Waals surface area contributed by atoms with Gasteiger partial charge in [0, 0.05) is 28.7 Å². The Morgan fingerprint density at radius 2 is 2.04 bits per heavy atom. The molecule has 5 rings (SSSR count). The highest BCUT2D eigenvalue weighted by Crippen LogP contribution is 2.61. The molecule has 0 amide bonds. The largest absolute Gasteiger partial charge is 0.384 e. The van der Waals surface area contributed by atoms with Gasteiger partial charge in [-0.15, -0.1) is 11.3 Å². The third kappa shape index (κ3) is 3.02. The molecule has 2 bridgehead atoms. The molecule has 0 radical (unpaired) electrons. The minimum atomic E-state index is -0.826. The number of thiazole rings is 1. The van der Waals surface area contributed by atoms with Crippen LogP contribution in [0.2, 0.25) is 5.02 Å². The molecule has 4 atom stereocenters. The van der Waals surface area contributed by atoms with Crippen molar-refractivity contribution in [2.45, 2.75) is 51.7 Å². The highest BCUT2D eigenvalue weighted by molar-refractivity contribution is 7.09.